The molecule has 1 heterocycles. The standard InChI is InChI=1S/C26H33NO7/c1-6-7-14-34-26(29)20-12-13-23(28)27(20)24(17-8-10-19(30-2)11-9-17)18-15-21(31-3)25(33-5)22(16-18)32-4/h8-11,15-16,20,24H,6-7,12-14H2,1-5H3. The van der Waals surface area contributed by atoms with Crippen LogP contribution in [0, 0.1) is 0 Å². The van der Waals surface area contributed by atoms with Gasteiger partial charge >= 0.3 is 5.97 Å². The third kappa shape index (κ3) is 5.21. The van der Waals surface area contributed by atoms with Crippen molar-refractivity contribution in [1.82, 2.24) is 4.90 Å². The Bertz CT molecular complexity index is 964. The van der Waals surface area contributed by atoms with Crippen LogP contribution in [0.3, 0.4) is 0 Å². The molecule has 1 aliphatic heterocycles. The molecule has 1 aliphatic rings. The van der Waals surface area contributed by atoms with Crippen molar-refractivity contribution < 1.29 is 33.3 Å². The lowest BCUT2D eigenvalue weighted by Gasteiger charge is -2.33. The van der Waals surface area contributed by atoms with Gasteiger partial charge in [0.1, 0.15) is 11.8 Å². The summed E-state index contributed by atoms with van der Waals surface area (Å²) in [5.41, 5.74) is 1.54. The number of unbranched alkanes of at least 4 members (excludes halogenated alkanes) is 1. The minimum atomic E-state index is -0.685. The van der Waals surface area contributed by atoms with Crippen molar-refractivity contribution in [2.45, 2.75) is 44.7 Å². The second-order valence-corrected chi connectivity index (χ2v) is 8.01. The first-order valence-corrected chi connectivity index (χ1v) is 11.4. The van der Waals surface area contributed by atoms with Crippen LogP contribution in [0.15, 0.2) is 36.4 Å². The van der Waals surface area contributed by atoms with E-state index < -0.39 is 12.1 Å². The molecular formula is C26H33NO7. The summed E-state index contributed by atoms with van der Waals surface area (Å²) >= 11 is 0. The first-order valence-electron chi connectivity index (χ1n) is 11.4. The number of carbonyl (C=O) groups is 2. The van der Waals surface area contributed by atoms with E-state index in [1.165, 1.54) is 7.11 Å². The highest BCUT2D eigenvalue weighted by molar-refractivity contribution is 5.89. The lowest BCUT2D eigenvalue weighted by Crippen LogP contribution is -2.42. The SMILES string of the molecule is CCCCOC(=O)C1CCC(=O)N1C(c1ccc(OC)cc1)c1cc(OC)c(OC)c(OC)c1. The molecule has 2 aromatic carbocycles. The van der Waals surface area contributed by atoms with Crippen LogP contribution >= 0.6 is 0 Å². The lowest BCUT2D eigenvalue weighted by atomic mass is 9.95. The minimum absolute atomic E-state index is 0.119. The van der Waals surface area contributed by atoms with Gasteiger partial charge in [-0.3, -0.25) is 4.79 Å². The normalized spacial score (nSPS) is 16.2. The average molecular weight is 472 g/mol. The zero-order valence-electron chi connectivity index (χ0n) is 20.5. The van der Waals surface area contributed by atoms with Crippen LogP contribution < -0.4 is 18.9 Å². The van der Waals surface area contributed by atoms with Gasteiger partial charge in [-0.05, 0) is 48.2 Å². The highest BCUT2D eigenvalue weighted by Crippen LogP contribution is 2.44. The molecule has 0 spiro atoms. The molecule has 8 heteroatoms. The number of benzene rings is 2. The van der Waals surface area contributed by atoms with Gasteiger partial charge in [-0.25, -0.2) is 4.79 Å². The number of esters is 1. The van der Waals surface area contributed by atoms with E-state index in [0.29, 0.717) is 36.0 Å². The molecule has 2 unspecified atom stereocenters. The second-order valence-electron chi connectivity index (χ2n) is 8.01. The van der Waals surface area contributed by atoms with Gasteiger partial charge in [0.15, 0.2) is 11.5 Å². The van der Waals surface area contributed by atoms with Gasteiger partial charge in [0, 0.05) is 6.42 Å². The van der Waals surface area contributed by atoms with E-state index in [-0.39, 0.29) is 18.3 Å². The number of ether oxygens (including phenoxy) is 5. The topological polar surface area (TPSA) is 83.5 Å². The quantitative estimate of drug-likeness (QED) is 0.360. The zero-order valence-corrected chi connectivity index (χ0v) is 20.5. The van der Waals surface area contributed by atoms with E-state index >= 15 is 0 Å². The van der Waals surface area contributed by atoms with Crippen molar-refractivity contribution in [3.63, 3.8) is 0 Å². The molecule has 8 nitrogen and oxygen atoms in total. The Labute approximate surface area is 200 Å². The Morgan fingerprint density at radius 3 is 2.15 bits per heavy atom. The Kier molecular flexibility index (Phi) is 8.62. The number of methoxy groups -OCH3 is 4. The fourth-order valence-corrected chi connectivity index (χ4v) is 4.23. The molecule has 184 valence electrons. The third-order valence-electron chi connectivity index (χ3n) is 5.98. The molecule has 34 heavy (non-hydrogen) atoms. The molecule has 1 fully saturated rings. The average Bonchev–Trinajstić information content (AvgIpc) is 3.24. The predicted octanol–water partition coefficient (Wildman–Crippen LogP) is 4.14. The number of carbonyl (C=O) groups excluding carboxylic acids is 2. The molecular weight excluding hydrogens is 438 g/mol. The highest BCUT2D eigenvalue weighted by Gasteiger charge is 2.43. The molecule has 0 aliphatic carbocycles. The number of hydrogen-bond acceptors (Lipinski definition) is 7. The van der Waals surface area contributed by atoms with Crippen molar-refractivity contribution in [3.05, 3.63) is 47.5 Å². The molecule has 2 atom stereocenters. The van der Waals surface area contributed by atoms with Gasteiger partial charge < -0.3 is 28.6 Å². The highest BCUT2D eigenvalue weighted by atomic mass is 16.5. The van der Waals surface area contributed by atoms with Gasteiger partial charge in [0.25, 0.3) is 0 Å². The maximum atomic E-state index is 13.2. The summed E-state index contributed by atoms with van der Waals surface area (Å²) in [7, 11) is 6.21. The Morgan fingerprint density at radius 1 is 0.971 bits per heavy atom. The summed E-state index contributed by atoms with van der Waals surface area (Å²) in [6, 6.07) is 9.79. The largest absolute Gasteiger partial charge is 0.497 e. The second kappa shape index (κ2) is 11.6. The van der Waals surface area contributed by atoms with Crippen molar-refractivity contribution >= 4 is 11.9 Å². The fraction of sp³-hybridized carbons (Fsp3) is 0.462. The molecule has 1 saturated heterocycles. The zero-order chi connectivity index (χ0) is 24.7. The molecule has 0 aromatic heterocycles. The van der Waals surface area contributed by atoms with E-state index in [0.717, 1.165) is 24.0 Å². The maximum absolute atomic E-state index is 13.2. The minimum Gasteiger partial charge on any atom is -0.497 e. The number of nitrogens with zero attached hydrogens (tertiary/aromatic N) is 1. The van der Waals surface area contributed by atoms with Gasteiger partial charge in [0.05, 0.1) is 41.1 Å². The summed E-state index contributed by atoms with van der Waals surface area (Å²) in [5.74, 6) is 1.56. The summed E-state index contributed by atoms with van der Waals surface area (Å²) in [5, 5.41) is 0. The van der Waals surface area contributed by atoms with Crippen molar-refractivity contribution in [3.8, 4) is 23.0 Å². The Morgan fingerprint density at radius 2 is 1.62 bits per heavy atom. The maximum Gasteiger partial charge on any atom is 0.328 e. The number of likely N-dealkylation sites (tertiary alicyclic amines) is 1. The Hall–Kier alpha value is -3.42. The monoisotopic (exact) mass is 471 g/mol. The van der Waals surface area contributed by atoms with Crippen LogP contribution in [0.5, 0.6) is 23.0 Å². The van der Waals surface area contributed by atoms with Crippen LogP contribution in [-0.4, -0.2) is 57.9 Å². The summed E-state index contributed by atoms with van der Waals surface area (Å²) in [6.07, 6.45) is 2.37. The smallest absolute Gasteiger partial charge is 0.328 e. The molecule has 0 bridgehead atoms. The van der Waals surface area contributed by atoms with E-state index in [2.05, 4.69) is 0 Å². The first-order chi connectivity index (χ1) is 16.5. The van der Waals surface area contributed by atoms with Crippen LogP contribution in [0.1, 0.15) is 49.8 Å². The molecule has 2 aromatic rings. The lowest BCUT2D eigenvalue weighted by molar-refractivity contribution is -0.153. The van der Waals surface area contributed by atoms with Gasteiger partial charge in [-0.1, -0.05) is 25.5 Å². The van der Waals surface area contributed by atoms with Crippen LogP contribution in [0.25, 0.3) is 0 Å². The van der Waals surface area contributed by atoms with Crippen LogP contribution in [0.4, 0.5) is 0 Å². The molecule has 3 rings (SSSR count). The van der Waals surface area contributed by atoms with E-state index in [1.54, 1.807) is 38.4 Å². The van der Waals surface area contributed by atoms with Crippen molar-refractivity contribution in [1.29, 1.82) is 0 Å². The van der Waals surface area contributed by atoms with Crippen LogP contribution in [-0.2, 0) is 14.3 Å². The molecule has 0 N–H and O–H groups in total. The van der Waals surface area contributed by atoms with Crippen molar-refractivity contribution in [2.75, 3.05) is 35.0 Å². The first kappa shape index (κ1) is 25.2. The number of rotatable bonds is 11. The van der Waals surface area contributed by atoms with Gasteiger partial charge in [-0.2, -0.15) is 0 Å². The predicted molar refractivity (Wildman–Crippen MR) is 127 cm³/mol. The summed E-state index contributed by atoms with van der Waals surface area (Å²) in [4.78, 5) is 27.8. The van der Waals surface area contributed by atoms with Gasteiger partial charge in [-0.15, -0.1) is 0 Å². The van der Waals surface area contributed by atoms with E-state index in [1.807, 2.05) is 31.2 Å². The van der Waals surface area contributed by atoms with Crippen molar-refractivity contribution in [2.24, 2.45) is 0 Å². The number of amides is 1. The van der Waals surface area contributed by atoms with Gasteiger partial charge in [0.2, 0.25) is 11.7 Å². The molecule has 0 radical (unpaired) electrons. The van der Waals surface area contributed by atoms with E-state index in [4.69, 9.17) is 23.7 Å². The fourth-order valence-electron chi connectivity index (χ4n) is 4.23. The Balaban J connectivity index is 2.12. The third-order valence-corrected chi connectivity index (χ3v) is 5.98. The summed E-state index contributed by atoms with van der Waals surface area (Å²) < 4.78 is 27.4. The molecule has 1 amide bonds. The number of hydrogen-bond donors (Lipinski definition) is 0. The molecule has 0 saturated carbocycles. The van der Waals surface area contributed by atoms with E-state index in [9.17, 15) is 9.59 Å². The summed E-state index contributed by atoms with van der Waals surface area (Å²) in [6.45, 7) is 2.37. The van der Waals surface area contributed by atoms with Crippen LogP contribution in [0.2, 0.25) is 0 Å².